The maximum Gasteiger partial charge on any atom is 0.340 e. The van der Waals surface area contributed by atoms with Gasteiger partial charge in [-0.1, -0.05) is 50.2 Å². The van der Waals surface area contributed by atoms with Crippen LogP contribution in [0.5, 0.6) is 5.75 Å². The van der Waals surface area contributed by atoms with E-state index in [1.54, 1.807) is 0 Å². The van der Waals surface area contributed by atoms with Gasteiger partial charge in [-0.2, -0.15) is 0 Å². The van der Waals surface area contributed by atoms with Crippen molar-refractivity contribution in [2.45, 2.75) is 39.7 Å². The van der Waals surface area contributed by atoms with Crippen LogP contribution in [0.1, 0.15) is 54.2 Å². The fourth-order valence-electron chi connectivity index (χ4n) is 5.54. The SMILES string of the molecule is CCN(CCC(C)C)C1=C2C=CC3(C=C2c2cc(Nc4ccccc4)c(C)cc2O1)OC(=O)c1ccccc13. The largest absolute Gasteiger partial charge is 0.442 e. The third kappa shape index (κ3) is 4.42. The van der Waals surface area contributed by atoms with Gasteiger partial charge in [-0.25, -0.2) is 4.79 Å². The maximum atomic E-state index is 12.9. The molecule has 0 bridgehead atoms. The van der Waals surface area contributed by atoms with Crippen LogP contribution in [-0.4, -0.2) is 24.0 Å². The minimum atomic E-state index is -0.945. The van der Waals surface area contributed by atoms with Gasteiger partial charge in [0, 0.05) is 41.2 Å². The van der Waals surface area contributed by atoms with Crippen molar-refractivity contribution < 1.29 is 14.3 Å². The first-order valence-corrected chi connectivity index (χ1v) is 13.8. The number of anilines is 2. The molecule has 1 N–H and O–H groups in total. The highest BCUT2D eigenvalue weighted by Gasteiger charge is 2.45. The van der Waals surface area contributed by atoms with Gasteiger partial charge in [0.2, 0.25) is 5.88 Å². The Labute approximate surface area is 230 Å². The number of hydrogen-bond acceptors (Lipinski definition) is 5. The van der Waals surface area contributed by atoms with E-state index in [9.17, 15) is 4.79 Å². The number of benzene rings is 3. The van der Waals surface area contributed by atoms with Crippen molar-refractivity contribution in [2.24, 2.45) is 5.92 Å². The summed E-state index contributed by atoms with van der Waals surface area (Å²) in [6, 6.07) is 22.1. The van der Waals surface area contributed by atoms with Crippen LogP contribution in [0.3, 0.4) is 0 Å². The zero-order valence-corrected chi connectivity index (χ0v) is 23.0. The highest BCUT2D eigenvalue weighted by Crippen LogP contribution is 2.50. The van der Waals surface area contributed by atoms with Crippen molar-refractivity contribution in [2.75, 3.05) is 18.4 Å². The molecule has 3 aromatic rings. The van der Waals surface area contributed by atoms with Crippen LogP contribution in [0, 0.1) is 12.8 Å². The molecule has 2 aliphatic heterocycles. The van der Waals surface area contributed by atoms with E-state index >= 15 is 0 Å². The zero-order valence-electron chi connectivity index (χ0n) is 23.0. The van der Waals surface area contributed by atoms with Crippen molar-refractivity contribution >= 4 is 22.9 Å². The lowest BCUT2D eigenvalue weighted by Crippen LogP contribution is -2.32. The molecule has 39 heavy (non-hydrogen) atoms. The van der Waals surface area contributed by atoms with Gasteiger partial charge in [-0.15, -0.1) is 0 Å². The average molecular weight is 519 g/mol. The predicted octanol–water partition coefficient (Wildman–Crippen LogP) is 7.73. The monoisotopic (exact) mass is 518 g/mol. The predicted molar refractivity (Wildman–Crippen MR) is 156 cm³/mol. The first kappa shape index (κ1) is 25.1. The van der Waals surface area contributed by atoms with Crippen molar-refractivity contribution in [3.63, 3.8) is 0 Å². The third-order valence-electron chi connectivity index (χ3n) is 7.73. The van der Waals surface area contributed by atoms with Crippen LogP contribution in [0.2, 0.25) is 0 Å². The summed E-state index contributed by atoms with van der Waals surface area (Å²) in [4.78, 5) is 15.2. The lowest BCUT2D eigenvalue weighted by Gasteiger charge is -2.36. The topological polar surface area (TPSA) is 50.8 Å². The Kier molecular flexibility index (Phi) is 6.30. The molecule has 6 rings (SSSR count). The molecule has 1 atom stereocenters. The van der Waals surface area contributed by atoms with Crippen molar-refractivity contribution in [3.8, 4) is 5.75 Å². The summed E-state index contributed by atoms with van der Waals surface area (Å²) in [5, 5.41) is 3.57. The molecule has 3 aliphatic rings. The van der Waals surface area contributed by atoms with Gasteiger partial charge >= 0.3 is 5.97 Å². The molecule has 0 fully saturated rings. The van der Waals surface area contributed by atoms with E-state index < -0.39 is 5.60 Å². The van der Waals surface area contributed by atoms with Gasteiger partial charge in [-0.05, 0) is 85.9 Å². The Hall–Kier alpha value is -4.25. The molecule has 2 heterocycles. The summed E-state index contributed by atoms with van der Waals surface area (Å²) in [5.41, 5.74) is 6.65. The molecule has 1 aliphatic carbocycles. The maximum absolute atomic E-state index is 12.9. The number of carbonyl (C=O) groups excluding carboxylic acids is 1. The number of hydrogen-bond donors (Lipinski definition) is 1. The number of aryl methyl sites for hydroxylation is 1. The Balaban J connectivity index is 1.51. The van der Waals surface area contributed by atoms with E-state index in [1.165, 1.54) is 0 Å². The number of esters is 1. The number of para-hydroxylation sites is 1. The minimum absolute atomic E-state index is 0.297. The van der Waals surface area contributed by atoms with Gasteiger partial charge in [0.15, 0.2) is 5.60 Å². The molecule has 0 saturated carbocycles. The second kappa shape index (κ2) is 9.81. The molecule has 0 radical (unpaired) electrons. The molecule has 1 spiro atoms. The molecule has 5 nitrogen and oxygen atoms in total. The molecular formula is C34H34N2O3. The third-order valence-corrected chi connectivity index (χ3v) is 7.73. The fourth-order valence-corrected chi connectivity index (χ4v) is 5.54. The first-order chi connectivity index (χ1) is 18.9. The number of fused-ring (bicyclic) bond motifs is 5. The number of rotatable bonds is 7. The van der Waals surface area contributed by atoms with Crippen LogP contribution in [0.4, 0.5) is 11.4 Å². The van der Waals surface area contributed by atoms with E-state index in [2.05, 4.69) is 74.3 Å². The Morgan fingerprint density at radius 3 is 2.54 bits per heavy atom. The summed E-state index contributed by atoms with van der Waals surface area (Å²) >= 11 is 0. The first-order valence-electron chi connectivity index (χ1n) is 13.8. The van der Waals surface area contributed by atoms with Gasteiger partial charge in [0.05, 0.1) is 5.56 Å². The lowest BCUT2D eigenvalue weighted by molar-refractivity contribution is 0.0296. The molecule has 0 aromatic heterocycles. The highest BCUT2D eigenvalue weighted by molar-refractivity contribution is 5.98. The molecule has 1 unspecified atom stereocenters. The van der Waals surface area contributed by atoms with Crippen LogP contribution >= 0.6 is 0 Å². The van der Waals surface area contributed by atoms with Crippen LogP contribution < -0.4 is 10.1 Å². The van der Waals surface area contributed by atoms with Gasteiger partial charge in [0.1, 0.15) is 5.75 Å². The fraction of sp³-hybridized carbons (Fsp3) is 0.265. The standard InChI is InChI=1S/C34H34N2O3/c1-5-36(18-16-22(2)3)32-25-15-17-34(29-14-10-9-13-26(29)33(37)39-34)21-28(25)27-20-30(23(4)19-31(27)38-32)35-24-11-7-6-8-12-24/h6-15,17,19-22,35H,5,16,18H2,1-4H3. The summed E-state index contributed by atoms with van der Waals surface area (Å²) in [6.45, 7) is 10.5. The molecule has 5 heteroatoms. The molecule has 198 valence electrons. The van der Waals surface area contributed by atoms with Crippen LogP contribution in [-0.2, 0) is 10.3 Å². The van der Waals surface area contributed by atoms with Crippen LogP contribution in [0.15, 0.2) is 96.4 Å². The van der Waals surface area contributed by atoms with Gasteiger partial charge in [0.25, 0.3) is 0 Å². The van der Waals surface area contributed by atoms with Gasteiger partial charge in [-0.3, -0.25) is 0 Å². The minimum Gasteiger partial charge on any atom is -0.442 e. The number of ether oxygens (including phenoxy) is 2. The van der Waals surface area contributed by atoms with Crippen molar-refractivity contribution in [1.82, 2.24) is 4.90 Å². The average Bonchev–Trinajstić information content (AvgIpc) is 3.20. The second-order valence-corrected chi connectivity index (χ2v) is 10.9. The van der Waals surface area contributed by atoms with Crippen molar-refractivity contribution in [1.29, 1.82) is 0 Å². The highest BCUT2D eigenvalue weighted by atomic mass is 16.6. The lowest BCUT2D eigenvalue weighted by atomic mass is 9.80. The smallest absolute Gasteiger partial charge is 0.340 e. The number of nitrogens with zero attached hydrogens (tertiary/aromatic N) is 1. The van der Waals surface area contributed by atoms with E-state index in [0.29, 0.717) is 11.5 Å². The van der Waals surface area contributed by atoms with Gasteiger partial charge < -0.3 is 19.7 Å². The summed E-state index contributed by atoms with van der Waals surface area (Å²) in [5.74, 6) is 1.95. The Bertz CT molecular complexity index is 1530. The molecule has 3 aromatic carbocycles. The summed E-state index contributed by atoms with van der Waals surface area (Å²) < 4.78 is 12.8. The summed E-state index contributed by atoms with van der Waals surface area (Å²) in [7, 11) is 0. The molecule has 0 amide bonds. The van der Waals surface area contributed by atoms with Crippen LogP contribution in [0.25, 0.3) is 5.57 Å². The normalized spacial score (nSPS) is 18.8. The Morgan fingerprint density at radius 1 is 1.00 bits per heavy atom. The summed E-state index contributed by atoms with van der Waals surface area (Å²) in [6.07, 6.45) is 7.24. The molecular weight excluding hydrogens is 484 g/mol. The number of allylic oxidation sites excluding steroid dienone is 3. The number of carbonyl (C=O) groups is 1. The van der Waals surface area contributed by atoms with Crippen molar-refractivity contribution in [3.05, 3.63) is 119 Å². The quantitative estimate of drug-likeness (QED) is 0.324. The van der Waals surface area contributed by atoms with E-state index in [4.69, 9.17) is 9.47 Å². The zero-order chi connectivity index (χ0) is 27.1. The van der Waals surface area contributed by atoms with E-state index in [-0.39, 0.29) is 5.97 Å². The van der Waals surface area contributed by atoms with E-state index in [1.807, 2.05) is 48.5 Å². The Morgan fingerprint density at radius 2 is 1.77 bits per heavy atom. The molecule has 0 saturated heterocycles. The second-order valence-electron chi connectivity index (χ2n) is 10.9. The van der Waals surface area contributed by atoms with E-state index in [0.717, 1.165) is 70.4 Å². The number of nitrogens with one attached hydrogen (secondary N) is 1.